The normalized spacial score (nSPS) is 15.9. The van der Waals surface area contributed by atoms with E-state index in [1.165, 1.54) is 0 Å². The molecule has 1 fully saturated rings. The minimum Gasteiger partial charge on any atom is -0.497 e. The lowest BCUT2D eigenvalue weighted by Crippen LogP contribution is -2.48. The molecule has 1 aliphatic rings. The summed E-state index contributed by atoms with van der Waals surface area (Å²) < 4.78 is 33.0. The number of hydrogen-bond acceptors (Lipinski definition) is 4. The van der Waals surface area contributed by atoms with Crippen molar-refractivity contribution < 1.29 is 13.2 Å². The molecular weight excluding hydrogens is 419 g/mol. The Hall–Kier alpha value is -1.31. The maximum atomic E-state index is 13.1. The number of hydrogen-bond donors (Lipinski definition) is 0. The SMILES string of the molecule is COc1cccc(CN2CCN(S(=O)(=O)c3cc(C)c(Cl)cc3C)CC2)c1.Cl. The van der Waals surface area contributed by atoms with E-state index in [-0.39, 0.29) is 12.4 Å². The van der Waals surface area contributed by atoms with Crippen LogP contribution in [0.3, 0.4) is 0 Å². The second-order valence-corrected chi connectivity index (χ2v) is 9.21. The lowest BCUT2D eigenvalue weighted by molar-refractivity contribution is 0.181. The van der Waals surface area contributed by atoms with E-state index >= 15 is 0 Å². The number of benzene rings is 2. The molecule has 0 radical (unpaired) electrons. The molecule has 0 N–H and O–H groups in total. The maximum absolute atomic E-state index is 13.1. The van der Waals surface area contributed by atoms with Gasteiger partial charge >= 0.3 is 0 Å². The van der Waals surface area contributed by atoms with Gasteiger partial charge in [0.15, 0.2) is 0 Å². The predicted molar refractivity (Wildman–Crippen MR) is 115 cm³/mol. The summed E-state index contributed by atoms with van der Waals surface area (Å²) in [5.41, 5.74) is 2.62. The lowest BCUT2D eigenvalue weighted by Gasteiger charge is -2.34. The van der Waals surface area contributed by atoms with Crippen molar-refractivity contribution >= 4 is 34.0 Å². The minimum atomic E-state index is -3.51. The summed E-state index contributed by atoms with van der Waals surface area (Å²) >= 11 is 6.12. The van der Waals surface area contributed by atoms with Crippen molar-refractivity contribution in [3.63, 3.8) is 0 Å². The first-order chi connectivity index (χ1) is 12.8. The molecule has 28 heavy (non-hydrogen) atoms. The topological polar surface area (TPSA) is 49.9 Å². The minimum absolute atomic E-state index is 0. The Morgan fingerprint density at radius 2 is 1.71 bits per heavy atom. The van der Waals surface area contributed by atoms with E-state index in [2.05, 4.69) is 11.0 Å². The molecule has 8 heteroatoms. The van der Waals surface area contributed by atoms with Gasteiger partial charge < -0.3 is 4.74 Å². The molecule has 1 saturated heterocycles. The van der Waals surface area contributed by atoms with Gasteiger partial charge in [-0.15, -0.1) is 12.4 Å². The van der Waals surface area contributed by atoms with Gasteiger partial charge in [-0.1, -0.05) is 23.7 Å². The number of sulfonamides is 1. The lowest BCUT2D eigenvalue weighted by atomic mass is 10.2. The third-order valence-corrected chi connectivity index (χ3v) is 7.39. The number of rotatable bonds is 5. The zero-order chi connectivity index (χ0) is 19.6. The van der Waals surface area contributed by atoms with E-state index in [1.807, 2.05) is 25.1 Å². The van der Waals surface area contributed by atoms with Crippen molar-refractivity contribution in [2.75, 3.05) is 33.3 Å². The van der Waals surface area contributed by atoms with E-state index in [4.69, 9.17) is 16.3 Å². The van der Waals surface area contributed by atoms with Gasteiger partial charge in [0.25, 0.3) is 0 Å². The average Bonchev–Trinajstić information content (AvgIpc) is 2.65. The molecule has 0 atom stereocenters. The quantitative estimate of drug-likeness (QED) is 0.701. The largest absolute Gasteiger partial charge is 0.497 e. The van der Waals surface area contributed by atoms with Crippen LogP contribution in [-0.2, 0) is 16.6 Å². The molecule has 154 valence electrons. The molecule has 0 spiro atoms. The molecule has 0 bridgehead atoms. The highest BCUT2D eigenvalue weighted by Gasteiger charge is 2.30. The molecule has 1 aliphatic heterocycles. The van der Waals surface area contributed by atoms with E-state index in [0.29, 0.717) is 41.7 Å². The molecular formula is C20H26Cl2N2O3S. The van der Waals surface area contributed by atoms with Crippen LogP contribution in [0, 0.1) is 13.8 Å². The van der Waals surface area contributed by atoms with Gasteiger partial charge in [0.1, 0.15) is 5.75 Å². The number of nitrogens with zero attached hydrogens (tertiary/aromatic N) is 2. The zero-order valence-electron chi connectivity index (χ0n) is 16.3. The maximum Gasteiger partial charge on any atom is 0.243 e. The summed E-state index contributed by atoms with van der Waals surface area (Å²) in [7, 11) is -1.85. The number of piperazine rings is 1. The number of halogens is 2. The second kappa shape index (κ2) is 9.46. The standard InChI is InChI=1S/C20H25ClN2O3S.ClH/c1-15-12-20(16(2)11-19(15)21)27(24,25)23-9-7-22(8-10-23)14-17-5-4-6-18(13-17)26-3;/h4-6,11-13H,7-10,14H2,1-3H3;1H. The van der Waals surface area contributed by atoms with Crippen molar-refractivity contribution in [2.45, 2.75) is 25.3 Å². The molecule has 1 heterocycles. The van der Waals surface area contributed by atoms with Gasteiger partial charge in [0.2, 0.25) is 10.0 Å². The van der Waals surface area contributed by atoms with Gasteiger partial charge in [-0.25, -0.2) is 8.42 Å². The Balaban J connectivity index is 0.00000280. The van der Waals surface area contributed by atoms with Crippen LogP contribution in [0.2, 0.25) is 5.02 Å². The molecule has 2 aromatic carbocycles. The first-order valence-corrected chi connectivity index (χ1v) is 10.8. The summed E-state index contributed by atoms with van der Waals surface area (Å²) in [5.74, 6) is 0.835. The highest BCUT2D eigenvalue weighted by atomic mass is 35.5. The molecule has 3 rings (SSSR count). The molecule has 2 aromatic rings. The predicted octanol–water partition coefficient (Wildman–Crippen LogP) is 3.89. The van der Waals surface area contributed by atoms with Gasteiger partial charge in [0, 0.05) is 37.7 Å². The summed E-state index contributed by atoms with van der Waals surface area (Å²) in [6, 6.07) is 11.4. The van der Waals surface area contributed by atoms with Crippen LogP contribution in [0.1, 0.15) is 16.7 Å². The Morgan fingerprint density at radius 1 is 1.04 bits per heavy atom. The van der Waals surface area contributed by atoms with Crippen LogP contribution in [0.5, 0.6) is 5.75 Å². The van der Waals surface area contributed by atoms with Crippen molar-refractivity contribution in [1.82, 2.24) is 9.21 Å². The summed E-state index contributed by atoms with van der Waals surface area (Å²) in [5, 5.41) is 0.592. The van der Waals surface area contributed by atoms with Crippen molar-refractivity contribution in [2.24, 2.45) is 0 Å². The van der Waals surface area contributed by atoms with Crippen molar-refractivity contribution in [1.29, 1.82) is 0 Å². The van der Waals surface area contributed by atoms with Crippen LogP contribution < -0.4 is 4.74 Å². The summed E-state index contributed by atoms with van der Waals surface area (Å²) in [4.78, 5) is 2.62. The molecule has 5 nitrogen and oxygen atoms in total. The fraction of sp³-hybridized carbons (Fsp3) is 0.400. The number of methoxy groups -OCH3 is 1. The second-order valence-electron chi connectivity index (χ2n) is 6.90. The summed E-state index contributed by atoms with van der Waals surface area (Å²) in [6.07, 6.45) is 0. The van der Waals surface area contributed by atoms with Crippen LogP contribution in [0.15, 0.2) is 41.3 Å². The van der Waals surface area contributed by atoms with Crippen LogP contribution in [0.25, 0.3) is 0 Å². The fourth-order valence-electron chi connectivity index (χ4n) is 3.33. The van der Waals surface area contributed by atoms with Gasteiger partial charge in [-0.05, 0) is 54.8 Å². The van der Waals surface area contributed by atoms with E-state index in [0.717, 1.165) is 23.4 Å². The highest BCUT2D eigenvalue weighted by molar-refractivity contribution is 7.89. The molecule has 0 amide bonds. The highest BCUT2D eigenvalue weighted by Crippen LogP contribution is 2.27. The van der Waals surface area contributed by atoms with E-state index < -0.39 is 10.0 Å². The molecule has 0 saturated carbocycles. The van der Waals surface area contributed by atoms with Crippen LogP contribution in [0.4, 0.5) is 0 Å². The Bertz CT molecular complexity index is 927. The van der Waals surface area contributed by atoms with Crippen molar-refractivity contribution in [3.8, 4) is 5.75 Å². The average molecular weight is 445 g/mol. The van der Waals surface area contributed by atoms with Gasteiger partial charge in [-0.3, -0.25) is 4.90 Å². The zero-order valence-corrected chi connectivity index (χ0v) is 18.7. The monoisotopic (exact) mass is 444 g/mol. The van der Waals surface area contributed by atoms with Crippen molar-refractivity contribution in [3.05, 3.63) is 58.1 Å². The summed E-state index contributed by atoms with van der Waals surface area (Å²) in [6.45, 7) is 6.75. The van der Waals surface area contributed by atoms with Crippen LogP contribution >= 0.6 is 24.0 Å². The Morgan fingerprint density at radius 3 is 2.36 bits per heavy atom. The third-order valence-electron chi connectivity index (χ3n) is 4.95. The smallest absolute Gasteiger partial charge is 0.243 e. The molecule has 0 aromatic heterocycles. The van der Waals surface area contributed by atoms with Crippen LogP contribution in [-0.4, -0.2) is 50.9 Å². The van der Waals surface area contributed by atoms with E-state index in [9.17, 15) is 8.42 Å². The Labute approximate surface area is 178 Å². The Kier molecular flexibility index (Phi) is 7.76. The van der Waals surface area contributed by atoms with Gasteiger partial charge in [0.05, 0.1) is 12.0 Å². The number of ether oxygens (including phenoxy) is 1. The number of aryl methyl sites for hydroxylation is 2. The first kappa shape index (κ1) is 23.0. The van der Waals surface area contributed by atoms with Gasteiger partial charge in [-0.2, -0.15) is 4.31 Å². The fourth-order valence-corrected chi connectivity index (χ4v) is 5.26. The molecule has 0 aliphatic carbocycles. The van der Waals surface area contributed by atoms with E-state index in [1.54, 1.807) is 30.5 Å². The molecule has 0 unspecified atom stereocenters. The first-order valence-electron chi connectivity index (χ1n) is 8.93. The third kappa shape index (κ3) is 4.99.